The standard InChI is InChI=1S/C43H35N3/c44-42(31-14-2-1-3-15-31)46-43(34-19-10-18-32(26-34)37-23-11-17-29-12-4-7-20-35(29)37)45-28-41-38-22-9-6-16-33(38)27-40-36-21-8-5-13-30(36)24-25-39(40)41/h1-27,42-43,45-46H,28,44H2. The Balaban J connectivity index is 1.22. The summed E-state index contributed by atoms with van der Waals surface area (Å²) in [5.74, 6) is 0. The van der Waals surface area contributed by atoms with E-state index in [4.69, 9.17) is 5.73 Å². The SMILES string of the molecule is NC(NC(NCc1c2ccccc2cc2c1ccc1ccccc12)c1cccc(-c2cccc3ccccc23)c1)c1ccccc1. The topological polar surface area (TPSA) is 50.1 Å². The van der Waals surface area contributed by atoms with Crippen molar-refractivity contribution in [2.75, 3.05) is 0 Å². The van der Waals surface area contributed by atoms with Gasteiger partial charge in [0.25, 0.3) is 0 Å². The van der Waals surface area contributed by atoms with Gasteiger partial charge >= 0.3 is 0 Å². The summed E-state index contributed by atoms with van der Waals surface area (Å²) in [6.45, 7) is 0.661. The van der Waals surface area contributed by atoms with E-state index >= 15 is 0 Å². The van der Waals surface area contributed by atoms with E-state index in [9.17, 15) is 0 Å². The van der Waals surface area contributed by atoms with Gasteiger partial charge in [-0.3, -0.25) is 10.6 Å². The quantitative estimate of drug-likeness (QED) is 0.0934. The van der Waals surface area contributed by atoms with Crippen molar-refractivity contribution < 1.29 is 0 Å². The average molecular weight is 594 g/mol. The van der Waals surface area contributed by atoms with E-state index in [1.54, 1.807) is 0 Å². The molecule has 8 aromatic carbocycles. The fourth-order valence-corrected chi connectivity index (χ4v) is 6.88. The van der Waals surface area contributed by atoms with Crippen LogP contribution < -0.4 is 16.4 Å². The molecule has 8 rings (SSSR count). The molecule has 0 heterocycles. The Morgan fingerprint density at radius 2 is 1.09 bits per heavy atom. The van der Waals surface area contributed by atoms with Crippen LogP contribution in [0.5, 0.6) is 0 Å². The van der Waals surface area contributed by atoms with E-state index < -0.39 is 0 Å². The third-order valence-electron chi connectivity index (χ3n) is 9.19. The van der Waals surface area contributed by atoms with Crippen molar-refractivity contribution in [2.45, 2.75) is 18.9 Å². The van der Waals surface area contributed by atoms with Crippen LogP contribution in [-0.4, -0.2) is 0 Å². The first kappa shape index (κ1) is 28.2. The lowest BCUT2D eigenvalue weighted by molar-refractivity contribution is 0.387. The number of hydrogen-bond acceptors (Lipinski definition) is 3. The number of nitrogens with two attached hydrogens (primary N) is 1. The predicted octanol–water partition coefficient (Wildman–Crippen LogP) is 10.0. The summed E-state index contributed by atoms with van der Waals surface area (Å²) in [6, 6.07) is 58.4. The Labute approximate surface area is 269 Å². The summed E-state index contributed by atoms with van der Waals surface area (Å²) >= 11 is 0. The summed E-state index contributed by atoms with van der Waals surface area (Å²) in [6.07, 6.45) is -0.562. The van der Waals surface area contributed by atoms with Gasteiger partial charge in [-0.05, 0) is 83.0 Å². The lowest BCUT2D eigenvalue weighted by Gasteiger charge is -2.26. The van der Waals surface area contributed by atoms with Crippen molar-refractivity contribution >= 4 is 43.1 Å². The van der Waals surface area contributed by atoms with Crippen molar-refractivity contribution in [3.8, 4) is 11.1 Å². The van der Waals surface area contributed by atoms with E-state index in [0.29, 0.717) is 6.54 Å². The molecule has 0 bridgehead atoms. The zero-order valence-electron chi connectivity index (χ0n) is 25.5. The Hall–Kier alpha value is -5.32. The molecule has 46 heavy (non-hydrogen) atoms. The maximum atomic E-state index is 6.82. The molecule has 0 spiro atoms. The minimum atomic E-state index is -0.354. The molecule has 222 valence electrons. The highest BCUT2D eigenvalue weighted by molar-refractivity contribution is 6.14. The molecule has 0 radical (unpaired) electrons. The van der Waals surface area contributed by atoms with Crippen LogP contribution >= 0.6 is 0 Å². The van der Waals surface area contributed by atoms with Crippen molar-refractivity contribution in [1.82, 2.24) is 10.6 Å². The molecular formula is C43H35N3. The van der Waals surface area contributed by atoms with Gasteiger partial charge in [-0.2, -0.15) is 0 Å². The van der Waals surface area contributed by atoms with Crippen LogP contribution in [0.4, 0.5) is 0 Å². The summed E-state index contributed by atoms with van der Waals surface area (Å²) in [5, 5.41) is 17.7. The smallest absolute Gasteiger partial charge is 0.0852 e. The fraction of sp³-hybridized carbons (Fsp3) is 0.0698. The number of benzene rings is 8. The molecule has 0 aliphatic carbocycles. The van der Waals surface area contributed by atoms with Crippen LogP contribution in [0, 0.1) is 0 Å². The minimum Gasteiger partial charge on any atom is -0.312 e. The maximum Gasteiger partial charge on any atom is 0.0852 e. The Morgan fingerprint density at radius 1 is 0.457 bits per heavy atom. The molecule has 4 N–H and O–H groups in total. The molecule has 0 fully saturated rings. The summed E-state index contributed by atoms with van der Waals surface area (Å²) in [5.41, 5.74) is 12.7. The van der Waals surface area contributed by atoms with Gasteiger partial charge < -0.3 is 5.73 Å². The first-order valence-corrected chi connectivity index (χ1v) is 15.9. The van der Waals surface area contributed by atoms with Crippen molar-refractivity contribution in [2.24, 2.45) is 5.73 Å². The highest BCUT2D eigenvalue weighted by Gasteiger charge is 2.18. The summed E-state index contributed by atoms with van der Waals surface area (Å²) in [4.78, 5) is 0. The van der Waals surface area contributed by atoms with Crippen LogP contribution in [0.3, 0.4) is 0 Å². The summed E-state index contributed by atoms with van der Waals surface area (Å²) in [7, 11) is 0. The van der Waals surface area contributed by atoms with E-state index in [2.05, 4.69) is 156 Å². The van der Waals surface area contributed by atoms with Gasteiger partial charge in [0.1, 0.15) is 0 Å². The normalized spacial score (nSPS) is 13.0. The number of hydrogen-bond donors (Lipinski definition) is 3. The zero-order chi connectivity index (χ0) is 30.9. The molecule has 3 heteroatoms. The van der Waals surface area contributed by atoms with Crippen LogP contribution in [0.25, 0.3) is 54.2 Å². The maximum absolute atomic E-state index is 6.82. The lowest BCUT2D eigenvalue weighted by Crippen LogP contribution is -2.39. The van der Waals surface area contributed by atoms with Gasteiger partial charge in [-0.25, -0.2) is 0 Å². The molecular weight excluding hydrogens is 558 g/mol. The highest BCUT2D eigenvalue weighted by Crippen LogP contribution is 2.34. The lowest BCUT2D eigenvalue weighted by atomic mass is 9.93. The second kappa shape index (κ2) is 12.2. The third kappa shape index (κ3) is 5.31. The Kier molecular flexibility index (Phi) is 7.49. The van der Waals surface area contributed by atoms with Crippen molar-refractivity contribution in [1.29, 1.82) is 0 Å². The van der Waals surface area contributed by atoms with E-state index in [0.717, 1.165) is 11.1 Å². The van der Waals surface area contributed by atoms with Gasteiger partial charge in [-0.15, -0.1) is 0 Å². The van der Waals surface area contributed by atoms with E-state index in [1.807, 2.05) is 18.2 Å². The van der Waals surface area contributed by atoms with Gasteiger partial charge in [0, 0.05) is 6.54 Å². The molecule has 0 aliphatic heterocycles. The largest absolute Gasteiger partial charge is 0.312 e. The second-order valence-electron chi connectivity index (χ2n) is 12.0. The predicted molar refractivity (Wildman–Crippen MR) is 194 cm³/mol. The molecule has 3 nitrogen and oxygen atoms in total. The molecule has 0 aromatic heterocycles. The van der Waals surface area contributed by atoms with Gasteiger partial charge in [-0.1, -0.05) is 152 Å². The molecule has 2 unspecified atom stereocenters. The molecule has 2 atom stereocenters. The minimum absolute atomic E-state index is 0.209. The third-order valence-corrected chi connectivity index (χ3v) is 9.19. The molecule has 0 aliphatic rings. The van der Waals surface area contributed by atoms with E-state index in [1.165, 1.54) is 59.8 Å². The number of nitrogens with one attached hydrogen (secondary N) is 2. The van der Waals surface area contributed by atoms with Crippen LogP contribution in [0.1, 0.15) is 29.0 Å². The monoisotopic (exact) mass is 593 g/mol. The average Bonchev–Trinajstić information content (AvgIpc) is 3.12. The van der Waals surface area contributed by atoms with Gasteiger partial charge in [0.15, 0.2) is 0 Å². The van der Waals surface area contributed by atoms with Crippen molar-refractivity contribution in [3.63, 3.8) is 0 Å². The van der Waals surface area contributed by atoms with Crippen LogP contribution in [0.15, 0.2) is 164 Å². The number of rotatable bonds is 8. The van der Waals surface area contributed by atoms with Crippen LogP contribution in [-0.2, 0) is 6.54 Å². The Bertz CT molecular complexity index is 2320. The second-order valence-corrected chi connectivity index (χ2v) is 12.0. The first-order valence-electron chi connectivity index (χ1n) is 15.9. The zero-order valence-corrected chi connectivity index (χ0v) is 25.5. The fourth-order valence-electron chi connectivity index (χ4n) is 6.88. The number of fused-ring (bicyclic) bond motifs is 5. The summed E-state index contributed by atoms with van der Waals surface area (Å²) < 4.78 is 0. The molecule has 0 saturated heterocycles. The molecule has 8 aromatic rings. The van der Waals surface area contributed by atoms with E-state index in [-0.39, 0.29) is 12.3 Å². The molecule has 0 saturated carbocycles. The van der Waals surface area contributed by atoms with Gasteiger partial charge in [0.05, 0.1) is 12.3 Å². The van der Waals surface area contributed by atoms with Gasteiger partial charge in [0.2, 0.25) is 0 Å². The molecule has 0 amide bonds. The van der Waals surface area contributed by atoms with Crippen molar-refractivity contribution in [3.05, 3.63) is 180 Å². The Morgan fingerprint density at radius 3 is 1.91 bits per heavy atom. The first-order chi connectivity index (χ1) is 22.7. The van der Waals surface area contributed by atoms with Crippen LogP contribution in [0.2, 0.25) is 0 Å². The highest BCUT2D eigenvalue weighted by atomic mass is 15.2.